The third-order valence-corrected chi connectivity index (χ3v) is 2.12. The van der Waals surface area contributed by atoms with Crippen LogP contribution in [0.25, 0.3) is 5.70 Å². The number of allylic oxidation sites excluding steroid dienone is 2. The molecule has 0 amide bonds. The standard InChI is InChI=1S/C12H11N/c1-10-12-8-3-2-6-11(12)7-4-5-9-13-10/h2-6,8-9H,1,7H2/b5-4+,13-9?. The Morgan fingerprint density at radius 1 is 1.23 bits per heavy atom. The van der Waals surface area contributed by atoms with Gasteiger partial charge in [0.2, 0.25) is 0 Å². The van der Waals surface area contributed by atoms with E-state index in [2.05, 4.69) is 29.8 Å². The Kier molecular flexibility index (Phi) is 2.09. The van der Waals surface area contributed by atoms with Crippen LogP contribution in [0.1, 0.15) is 11.1 Å². The number of benzene rings is 1. The van der Waals surface area contributed by atoms with E-state index in [0.717, 1.165) is 17.7 Å². The minimum Gasteiger partial charge on any atom is -0.257 e. The molecular weight excluding hydrogens is 158 g/mol. The zero-order chi connectivity index (χ0) is 9.10. The molecule has 0 unspecified atom stereocenters. The van der Waals surface area contributed by atoms with Crippen molar-refractivity contribution in [2.75, 3.05) is 0 Å². The smallest absolute Gasteiger partial charge is 0.0633 e. The lowest BCUT2D eigenvalue weighted by molar-refractivity contribution is 1.24. The summed E-state index contributed by atoms with van der Waals surface area (Å²) < 4.78 is 0. The van der Waals surface area contributed by atoms with Gasteiger partial charge in [0.25, 0.3) is 0 Å². The summed E-state index contributed by atoms with van der Waals surface area (Å²) in [5, 5.41) is 0. The van der Waals surface area contributed by atoms with E-state index in [1.165, 1.54) is 5.56 Å². The summed E-state index contributed by atoms with van der Waals surface area (Å²) in [6.07, 6.45) is 6.81. The highest BCUT2D eigenvalue weighted by molar-refractivity contribution is 5.81. The predicted octanol–water partition coefficient (Wildman–Crippen LogP) is 2.84. The van der Waals surface area contributed by atoms with Gasteiger partial charge in [0, 0.05) is 11.8 Å². The van der Waals surface area contributed by atoms with Crippen molar-refractivity contribution in [3.63, 3.8) is 0 Å². The first-order valence-corrected chi connectivity index (χ1v) is 4.34. The monoisotopic (exact) mass is 169 g/mol. The van der Waals surface area contributed by atoms with Crippen molar-refractivity contribution in [2.24, 2.45) is 4.99 Å². The van der Waals surface area contributed by atoms with Crippen molar-refractivity contribution in [3.05, 3.63) is 54.1 Å². The summed E-state index contributed by atoms with van der Waals surface area (Å²) in [5.41, 5.74) is 3.30. The van der Waals surface area contributed by atoms with E-state index in [1.54, 1.807) is 6.21 Å². The van der Waals surface area contributed by atoms with Gasteiger partial charge >= 0.3 is 0 Å². The van der Waals surface area contributed by atoms with Gasteiger partial charge in [-0.1, -0.05) is 36.9 Å². The van der Waals surface area contributed by atoms with Gasteiger partial charge in [-0.05, 0) is 18.1 Å². The number of fused-ring (bicyclic) bond motifs is 1. The first kappa shape index (κ1) is 7.99. The van der Waals surface area contributed by atoms with Crippen LogP contribution >= 0.6 is 0 Å². The fourth-order valence-electron chi connectivity index (χ4n) is 1.44. The molecule has 0 aliphatic carbocycles. The molecule has 64 valence electrons. The Bertz CT molecular complexity index is 386. The van der Waals surface area contributed by atoms with Gasteiger partial charge in [-0.15, -0.1) is 0 Å². The average Bonchev–Trinajstić information content (AvgIpc) is 2.14. The summed E-state index contributed by atoms with van der Waals surface area (Å²) in [6, 6.07) is 8.25. The number of nitrogens with zero attached hydrogens (tertiary/aromatic N) is 1. The number of hydrogen-bond acceptors (Lipinski definition) is 1. The maximum absolute atomic E-state index is 4.22. The van der Waals surface area contributed by atoms with Gasteiger partial charge in [-0.3, -0.25) is 4.99 Å². The van der Waals surface area contributed by atoms with Crippen molar-refractivity contribution >= 4 is 11.9 Å². The van der Waals surface area contributed by atoms with Gasteiger partial charge in [0.15, 0.2) is 0 Å². The second-order valence-corrected chi connectivity index (χ2v) is 3.01. The van der Waals surface area contributed by atoms with E-state index in [9.17, 15) is 0 Å². The molecule has 1 nitrogen and oxygen atoms in total. The largest absolute Gasteiger partial charge is 0.257 e. The predicted molar refractivity (Wildman–Crippen MR) is 56.8 cm³/mol. The van der Waals surface area contributed by atoms with E-state index < -0.39 is 0 Å². The van der Waals surface area contributed by atoms with Gasteiger partial charge in [-0.2, -0.15) is 0 Å². The molecule has 0 saturated carbocycles. The van der Waals surface area contributed by atoms with Gasteiger partial charge in [0.05, 0.1) is 5.70 Å². The number of aliphatic imine (C=N–C) groups is 1. The third-order valence-electron chi connectivity index (χ3n) is 2.12. The topological polar surface area (TPSA) is 12.4 Å². The molecule has 0 radical (unpaired) electrons. The maximum atomic E-state index is 4.22. The summed E-state index contributed by atoms with van der Waals surface area (Å²) in [4.78, 5) is 4.22. The maximum Gasteiger partial charge on any atom is 0.0633 e. The van der Waals surface area contributed by atoms with Crippen LogP contribution in [0.15, 0.2) is 48.0 Å². The van der Waals surface area contributed by atoms with E-state index >= 15 is 0 Å². The first-order chi connectivity index (χ1) is 6.38. The molecule has 1 heterocycles. The average molecular weight is 169 g/mol. The second kappa shape index (κ2) is 3.40. The van der Waals surface area contributed by atoms with Crippen molar-refractivity contribution < 1.29 is 0 Å². The molecule has 0 saturated heterocycles. The highest BCUT2D eigenvalue weighted by Crippen LogP contribution is 2.20. The van der Waals surface area contributed by atoms with Crippen LogP contribution in [0.3, 0.4) is 0 Å². The molecule has 0 atom stereocenters. The molecule has 1 aliphatic heterocycles. The van der Waals surface area contributed by atoms with Gasteiger partial charge in [-0.25, -0.2) is 0 Å². The summed E-state index contributed by atoms with van der Waals surface area (Å²) in [5.74, 6) is 0. The van der Waals surface area contributed by atoms with Crippen LogP contribution in [-0.4, -0.2) is 6.21 Å². The van der Waals surface area contributed by atoms with Crippen LogP contribution in [0.4, 0.5) is 0 Å². The normalized spacial score (nSPS) is 17.4. The molecule has 1 aromatic rings. The zero-order valence-corrected chi connectivity index (χ0v) is 7.40. The molecule has 0 fully saturated rings. The van der Waals surface area contributed by atoms with E-state index in [4.69, 9.17) is 0 Å². The van der Waals surface area contributed by atoms with E-state index in [-0.39, 0.29) is 0 Å². The summed E-state index contributed by atoms with van der Waals surface area (Å²) in [7, 11) is 0. The van der Waals surface area contributed by atoms with Crippen LogP contribution in [0, 0.1) is 0 Å². The van der Waals surface area contributed by atoms with Crippen LogP contribution in [0.2, 0.25) is 0 Å². The van der Waals surface area contributed by atoms with Crippen LogP contribution in [0.5, 0.6) is 0 Å². The Hall–Kier alpha value is -1.63. The molecule has 1 aromatic carbocycles. The SMILES string of the molecule is C=C1N=C/C=C/Cc2ccccc21. The molecular formula is C12H11N. The first-order valence-electron chi connectivity index (χ1n) is 4.34. The Labute approximate surface area is 78.1 Å². The molecule has 1 aliphatic rings. The number of hydrogen-bond donors (Lipinski definition) is 0. The molecule has 0 aromatic heterocycles. The Morgan fingerprint density at radius 2 is 2.08 bits per heavy atom. The Balaban J connectivity index is 2.54. The lowest BCUT2D eigenvalue weighted by Crippen LogP contribution is -1.92. The number of rotatable bonds is 0. The highest BCUT2D eigenvalue weighted by atomic mass is 14.7. The Morgan fingerprint density at radius 3 is 3.00 bits per heavy atom. The van der Waals surface area contributed by atoms with Crippen LogP contribution in [-0.2, 0) is 6.42 Å². The minimum absolute atomic E-state index is 0.847. The fraction of sp³-hybridized carbons (Fsp3) is 0.0833. The van der Waals surface area contributed by atoms with Crippen LogP contribution < -0.4 is 0 Å². The second-order valence-electron chi connectivity index (χ2n) is 3.01. The molecule has 1 heteroatoms. The van der Waals surface area contributed by atoms with Crippen molar-refractivity contribution in [3.8, 4) is 0 Å². The van der Waals surface area contributed by atoms with E-state index in [0.29, 0.717) is 0 Å². The molecule has 13 heavy (non-hydrogen) atoms. The van der Waals surface area contributed by atoms with Gasteiger partial charge in [0.1, 0.15) is 0 Å². The summed E-state index contributed by atoms with van der Waals surface area (Å²) >= 11 is 0. The van der Waals surface area contributed by atoms with Crippen molar-refractivity contribution in [1.29, 1.82) is 0 Å². The highest BCUT2D eigenvalue weighted by Gasteiger charge is 2.03. The molecule has 0 N–H and O–H groups in total. The fourth-order valence-corrected chi connectivity index (χ4v) is 1.44. The van der Waals surface area contributed by atoms with E-state index in [1.807, 2.05) is 18.2 Å². The molecule has 0 bridgehead atoms. The van der Waals surface area contributed by atoms with Crippen molar-refractivity contribution in [2.45, 2.75) is 6.42 Å². The van der Waals surface area contributed by atoms with Crippen molar-refractivity contribution in [1.82, 2.24) is 0 Å². The molecule has 0 spiro atoms. The van der Waals surface area contributed by atoms with Gasteiger partial charge < -0.3 is 0 Å². The quantitative estimate of drug-likeness (QED) is 0.566. The third kappa shape index (κ3) is 1.59. The zero-order valence-electron chi connectivity index (χ0n) is 7.40. The summed E-state index contributed by atoms with van der Waals surface area (Å²) in [6.45, 7) is 3.93. The lowest BCUT2D eigenvalue weighted by Gasteiger charge is -2.07. The molecule has 2 rings (SSSR count). The lowest BCUT2D eigenvalue weighted by atomic mass is 10.0. The minimum atomic E-state index is 0.847.